The molecule has 2 aromatic heterocycles. The van der Waals surface area contributed by atoms with Gasteiger partial charge in [0.15, 0.2) is 0 Å². The highest BCUT2D eigenvalue weighted by molar-refractivity contribution is 5.94. The summed E-state index contributed by atoms with van der Waals surface area (Å²) in [6.45, 7) is 0.607. The van der Waals surface area contributed by atoms with Crippen molar-refractivity contribution < 1.29 is 4.79 Å². The summed E-state index contributed by atoms with van der Waals surface area (Å²) < 4.78 is 0. The Morgan fingerprint density at radius 3 is 2.71 bits per heavy atom. The molecular weight excluding hydrogens is 300 g/mol. The fourth-order valence-electron chi connectivity index (χ4n) is 3.05. The molecule has 1 amide bonds. The lowest BCUT2D eigenvalue weighted by Gasteiger charge is -2.16. The Hall–Kier alpha value is -2.43. The van der Waals surface area contributed by atoms with Crippen LogP contribution >= 0.6 is 0 Å². The summed E-state index contributed by atoms with van der Waals surface area (Å²) in [4.78, 5) is 20.9. The Balaban J connectivity index is 1.58. The number of carbonyl (C=O) groups is 1. The molecule has 0 bridgehead atoms. The van der Waals surface area contributed by atoms with Crippen molar-refractivity contribution in [3.63, 3.8) is 0 Å². The van der Waals surface area contributed by atoms with Gasteiger partial charge in [-0.05, 0) is 31.0 Å². The van der Waals surface area contributed by atoms with Crippen LogP contribution in [0.2, 0.25) is 0 Å². The van der Waals surface area contributed by atoms with E-state index in [-0.39, 0.29) is 5.91 Å². The molecule has 126 valence electrons. The molecule has 0 radical (unpaired) electrons. The van der Waals surface area contributed by atoms with E-state index in [2.05, 4.69) is 20.6 Å². The van der Waals surface area contributed by atoms with Crippen LogP contribution in [0.3, 0.4) is 0 Å². The van der Waals surface area contributed by atoms with Crippen LogP contribution in [0.25, 0.3) is 0 Å². The number of carbonyl (C=O) groups excluding carboxylic acids is 1. The lowest BCUT2D eigenvalue weighted by Crippen LogP contribution is -2.34. The summed E-state index contributed by atoms with van der Waals surface area (Å²) in [6, 6.07) is 7.96. The highest BCUT2D eigenvalue weighted by Gasteiger charge is 2.16. The van der Waals surface area contributed by atoms with Crippen molar-refractivity contribution in [1.82, 2.24) is 15.3 Å². The maximum atomic E-state index is 12.5. The Morgan fingerprint density at radius 2 is 1.96 bits per heavy atom. The van der Waals surface area contributed by atoms with Gasteiger partial charge in [0.25, 0.3) is 5.91 Å². The van der Waals surface area contributed by atoms with E-state index < -0.39 is 0 Å². The molecule has 1 saturated carbocycles. The predicted molar refractivity (Wildman–Crippen MR) is 94.8 cm³/mol. The summed E-state index contributed by atoms with van der Waals surface area (Å²) in [5.41, 5.74) is 2.38. The Bertz CT molecular complexity index is 651. The maximum absolute atomic E-state index is 12.5. The van der Waals surface area contributed by atoms with Crippen molar-refractivity contribution in [2.24, 2.45) is 0 Å². The van der Waals surface area contributed by atoms with Crippen molar-refractivity contribution >= 4 is 11.6 Å². The second-order valence-electron chi connectivity index (χ2n) is 6.30. The molecule has 3 rings (SSSR count). The lowest BCUT2D eigenvalue weighted by atomic mass is 10.1. The van der Waals surface area contributed by atoms with Gasteiger partial charge < -0.3 is 10.6 Å². The Labute approximate surface area is 142 Å². The van der Waals surface area contributed by atoms with E-state index in [9.17, 15) is 4.79 Å². The van der Waals surface area contributed by atoms with E-state index in [0.717, 1.165) is 24.2 Å². The molecule has 0 aromatic carbocycles. The van der Waals surface area contributed by atoms with Crippen LogP contribution in [-0.4, -0.2) is 21.9 Å². The minimum atomic E-state index is -0.0316. The zero-order valence-electron chi connectivity index (χ0n) is 13.9. The molecule has 0 spiro atoms. The van der Waals surface area contributed by atoms with Crippen LogP contribution in [0.4, 0.5) is 5.69 Å². The molecule has 2 N–H and O–H groups in total. The summed E-state index contributed by atoms with van der Waals surface area (Å²) in [6.07, 6.45) is 12.2. The van der Waals surface area contributed by atoms with Gasteiger partial charge in [-0.3, -0.25) is 14.8 Å². The Morgan fingerprint density at radius 1 is 1.12 bits per heavy atom. The highest BCUT2D eigenvalue weighted by atomic mass is 16.1. The van der Waals surface area contributed by atoms with E-state index in [4.69, 9.17) is 0 Å². The smallest absolute Gasteiger partial charge is 0.253 e. The van der Waals surface area contributed by atoms with E-state index >= 15 is 0 Å². The first-order valence-corrected chi connectivity index (χ1v) is 8.71. The molecule has 0 aliphatic heterocycles. The number of rotatable bonds is 5. The number of hydrogen-bond donors (Lipinski definition) is 2. The molecule has 2 aromatic rings. The first kappa shape index (κ1) is 16.4. The number of aromatic nitrogens is 2. The number of nitrogens with one attached hydrogen (secondary N) is 2. The molecule has 1 aliphatic rings. The van der Waals surface area contributed by atoms with Crippen LogP contribution in [0, 0.1) is 0 Å². The van der Waals surface area contributed by atoms with Crippen molar-refractivity contribution in [2.45, 2.75) is 51.1 Å². The first-order valence-electron chi connectivity index (χ1n) is 8.71. The third kappa shape index (κ3) is 4.78. The van der Waals surface area contributed by atoms with E-state index in [0.29, 0.717) is 18.2 Å². The van der Waals surface area contributed by atoms with E-state index in [1.165, 1.54) is 25.7 Å². The molecule has 0 atom stereocenters. The second kappa shape index (κ2) is 8.43. The number of nitrogens with zero attached hydrogens (tertiary/aromatic N) is 2. The minimum Gasteiger partial charge on any atom is -0.378 e. The van der Waals surface area contributed by atoms with Crippen LogP contribution in [0.5, 0.6) is 0 Å². The molecule has 1 aliphatic carbocycles. The summed E-state index contributed by atoms with van der Waals surface area (Å²) in [7, 11) is 0. The second-order valence-corrected chi connectivity index (χ2v) is 6.30. The Kier molecular flexibility index (Phi) is 5.77. The van der Waals surface area contributed by atoms with E-state index in [1.54, 1.807) is 18.6 Å². The number of pyridine rings is 2. The summed E-state index contributed by atoms with van der Waals surface area (Å²) in [5.74, 6) is -0.0316. The van der Waals surface area contributed by atoms with Gasteiger partial charge in [-0.25, -0.2) is 0 Å². The normalized spacial score (nSPS) is 15.5. The van der Waals surface area contributed by atoms with Gasteiger partial charge in [0.05, 0.1) is 23.5 Å². The fourth-order valence-corrected chi connectivity index (χ4v) is 3.05. The largest absolute Gasteiger partial charge is 0.378 e. The topological polar surface area (TPSA) is 66.9 Å². The van der Waals surface area contributed by atoms with Crippen molar-refractivity contribution in [2.75, 3.05) is 5.32 Å². The van der Waals surface area contributed by atoms with Crippen LogP contribution in [0.1, 0.15) is 54.6 Å². The quantitative estimate of drug-likeness (QED) is 0.826. The van der Waals surface area contributed by atoms with Crippen molar-refractivity contribution in [3.8, 4) is 0 Å². The van der Waals surface area contributed by atoms with Gasteiger partial charge in [0, 0.05) is 24.6 Å². The van der Waals surface area contributed by atoms with Crippen molar-refractivity contribution in [1.29, 1.82) is 0 Å². The number of hydrogen-bond acceptors (Lipinski definition) is 4. The van der Waals surface area contributed by atoms with Crippen LogP contribution in [0.15, 0.2) is 42.9 Å². The standard InChI is InChI=1S/C19H24N4O/c24-19(23-16-7-3-1-2-4-8-16)15-11-18(13-20-12-15)22-14-17-9-5-6-10-21-17/h5-6,9-13,16,22H,1-4,7-8,14H2,(H,23,24). The highest BCUT2D eigenvalue weighted by Crippen LogP contribution is 2.18. The third-order valence-electron chi connectivity index (χ3n) is 4.39. The maximum Gasteiger partial charge on any atom is 0.253 e. The lowest BCUT2D eigenvalue weighted by molar-refractivity contribution is 0.0933. The molecule has 5 nitrogen and oxygen atoms in total. The number of anilines is 1. The van der Waals surface area contributed by atoms with Crippen LogP contribution in [-0.2, 0) is 6.54 Å². The zero-order chi connectivity index (χ0) is 16.6. The SMILES string of the molecule is O=C(NC1CCCCCC1)c1cncc(NCc2ccccn2)c1. The van der Waals surface area contributed by atoms with Gasteiger partial charge in [0.1, 0.15) is 0 Å². The zero-order valence-corrected chi connectivity index (χ0v) is 13.9. The molecule has 0 unspecified atom stereocenters. The van der Waals surface area contributed by atoms with Crippen molar-refractivity contribution in [3.05, 3.63) is 54.1 Å². The van der Waals surface area contributed by atoms with Gasteiger partial charge in [-0.15, -0.1) is 0 Å². The van der Waals surface area contributed by atoms with Crippen LogP contribution < -0.4 is 10.6 Å². The summed E-state index contributed by atoms with van der Waals surface area (Å²) in [5, 5.41) is 6.42. The van der Waals surface area contributed by atoms with Gasteiger partial charge >= 0.3 is 0 Å². The molecule has 0 saturated heterocycles. The molecule has 5 heteroatoms. The molecule has 24 heavy (non-hydrogen) atoms. The molecule has 1 fully saturated rings. The monoisotopic (exact) mass is 324 g/mol. The van der Waals surface area contributed by atoms with Gasteiger partial charge in [0.2, 0.25) is 0 Å². The fraction of sp³-hybridized carbons (Fsp3) is 0.421. The van der Waals surface area contributed by atoms with Gasteiger partial charge in [-0.1, -0.05) is 31.7 Å². The average molecular weight is 324 g/mol. The predicted octanol–water partition coefficient (Wildman–Crippen LogP) is 3.54. The van der Waals surface area contributed by atoms with E-state index in [1.807, 2.05) is 24.3 Å². The summed E-state index contributed by atoms with van der Waals surface area (Å²) >= 11 is 0. The molecular formula is C19H24N4O. The first-order chi connectivity index (χ1) is 11.8. The average Bonchev–Trinajstić information content (AvgIpc) is 2.90. The van der Waals surface area contributed by atoms with Gasteiger partial charge in [-0.2, -0.15) is 0 Å². The third-order valence-corrected chi connectivity index (χ3v) is 4.39. The molecule has 2 heterocycles. The number of amides is 1. The minimum absolute atomic E-state index is 0.0316.